The van der Waals surface area contributed by atoms with E-state index in [1.54, 1.807) is 0 Å². The second kappa shape index (κ2) is 3.25. The molecule has 1 aromatic rings. The first kappa shape index (κ1) is 11.1. The number of aromatic nitrogens is 2. The topological polar surface area (TPSA) is 17.8 Å². The predicted molar refractivity (Wildman–Crippen MR) is 49.1 cm³/mol. The van der Waals surface area contributed by atoms with E-state index in [2.05, 4.69) is 31.9 Å². The Bertz CT molecular complexity index is 258. The molecule has 70 valence electrons. The molecule has 0 aliphatic carbocycles. The molecular formula is C9H17FN2. The van der Waals surface area contributed by atoms with E-state index < -0.39 is 0 Å². The highest BCUT2D eigenvalue weighted by molar-refractivity contribution is 5.16. The fourth-order valence-corrected chi connectivity index (χ4v) is 1.31. The third kappa shape index (κ3) is 2.06. The van der Waals surface area contributed by atoms with Crippen LogP contribution in [0, 0.1) is 6.92 Å². The quantitative estimate of drug-likeness (QED) is 0.586. The molecule has 2 nitrogen and oxygen atoms in total. The second-order valence-corrected chi connectivity index (χ2v) is 4.04. The van der Waals surface area contributed by atoms with Gasteiger partial charge in [0.15, 0.2) is 0 Å². The van der Waals surface area contributed by atoms with Crippen molar-refractivity contribution in [2.24, 2.45) is 7.05 Å². The maximum absolute atomic E-state index is 4.29. The van der Waals surface area contributed by atoms with E-state index in [1.807, 2.05) is 18.7 Å². The van der Waals surface area contributed by atoms with Gasteiger partial charge in [-0.25, -0.2) is 0 Å². The minimum atomic E-state index is 0. The highest BCUT2D eigenvalue weighted by Crippen LogP contribution is 2.21. The highest BCUT2D eigenvalue weighted by Gasteiger charge is 2.17. The van der Waals surface area contributed by atoms with Crippen molar-refractivity contribution in [3.05, 3.63) is 17.5 Å². The van der Waals surface area contributed by atoms with Gasteiger partial charge in [0.2, 0.25) is 0 Å². The molecule has 0 amide bonds. The summed E-state index contributed by atoms with van der Waals surface area (Å²) < 4.78 is 1.95. The Morgan fingerprint density at radius 1 is 1.33 bits per heavy atom. The first-order chi connectivity index (χ1) is 4.91. The molecule has 0 unspecified atom stereocenters. The standard InChI is InChI=1S/C9H16N2.FH/c1-7-6-8(9(2,3)4)11(5)10-7;/h6H,1-5H3;1H. The fraction of sp³-hybridized carbons (Fsp3) is 0.667. The van der Waals surface area contributed by atoms with Gasteiger partial charge in [0, 0.05) is 18.2 Å². The Kier molecular flexibility index (Phi) is 3.02. The van der Waals surface area contributed by atoms with E-state index in [0.29, 0.717) is 0 Å². The first-order valence-corrected chi connectivity index (χ1v) is 3.92. The summed E-state index contributed by atoms with van der Waals surface area (Å²) in [7, 11) is 1.99. The van der Waals surface area contributed by atoms with Crippen LogP contribution in [0.2, 0.25) is 0 Å². The summed E-state index contributed by atoms with van der Waals surface area (Å²) >= 11 is 0. The van der Waals surface area contributed by atoms with E-state index >= 15 is 0 Å². The molecule has 0 atom stereocenters. The van der Waals surface area contributed by atoms with Crippen LogP contribution in [-0.4, -0.2) is 9.78 Å². The molecule has 0 aliphatic heterocycles. The maximum atomic E-state index is 4.29. The van der Waals surface area contributed by atoms with Gasteiger partial charge in [0.25, 0.3) is 0 Å². The van der Waals surface area contributed by atoms with E-state index in [4.69, 9.17) is 0 Å². The molecule has 12 heavy (non-hydrogen) atoms. The van der Waals surface area contributed by atoms with Crippen LogP contribution in [-0.2, 0) is 12.5 Å². The van der Waals surface area contributed by atoms with Gasteiger partial charge in [0.1, 0.15) is 0 Å². The summed E-state index contributed by atoms with van der Waals surface area (Å²) in [5.41, 5.74) is 2.59. The maximum Gasteiger partial charge on any atom is 0.0596 e. The number of hydrogen-bond acceptors (Lipinski definition) is 1. The Hall–Kier alpha value is -0.860. The van der Waals surface area contributed by atoms with Gasteiger partial charge in [-0.05, 0) is 13.0 Å². The molecule has 1 rings (SSSR count). The lowest BCUT2D eigenvalue weighted by Gasteiger charge is -2.17. The van der Waals surface area contributed by atoms with Crippen LogP contribution < -0.4 is 0 Å². The van der Waals surface area contributed by atoms with Crippen LogP contribution in [0.1, 0.15) is 32.2 Å². The van der Waals surface area contributed by atoms with Crippen LogP contribution in [0.25, 0.3) is 0 Å². The van der Waals surface area contributed by atoms with Gasteiger partial charge in [-0.15, -0.1) is 0 Å². The number of rotatable bonds is 0. The van der Waals surface area contributed by atoms with Crippen molar-refractivity contribution >= 4 is 0 Å². The molecule has 0 radical (unpaired) electrons. The Morgan fingerprint density at radius 2 is 1.83 bits per heavy atom. The highest BCUT2D eigenvalue weighted by atomic mass is 19.0. The molecule has 0 bridgehead atoms. The van der Waals surface area contributed by atoms with Gasteiger partial charge in [-0.3, -0.25) is 9.39 Å². The van der Waals surface area contributed by atoms with Crippen molar-refractivity contribution in [3.63, 3.8) is 0 Å². The molecule has 1 heterocycles. The fourth-order valence-electron chi connectivity index (χ4n) is 1.31. The smallest absolute Gasteiger partial charge is 0.0596 e. The molecule has 0 saturated heterocycles. The molecule has 0 saturated carbocycles. The summed E-state index contributed by atoms with van der Waals surface area (Å²) in [6.07, 6.45) is 0. The zero-order valence-electron chi connectivity index (χ0n) is 8.38. The molecule has 0 aliphatic rings. The Balaban J connectivity index is 0.00000121. The van der Waals surface area contributed by atoms with E-state index in [1.165, 1.54) is 5.69 Å². The molecule has 0 fully saturated rings. The average molecular weight is 172 g/mol. The summed E-state index contributed by atoms with van der Waals surface area (Å²) in [4.78, 5) is 0. The Labute approximate surface area is 73.0 Å². The lowest BCUT2D eigenvalue weighted by atomic mass is 9.92. The van der Waals surface area contributed by atoms with Crippen LogP contribution in [0.15, 0.2) is 6.07 Å². The zero-order valence-corrected chi connectivity index (χ0v) is 8.38. The van der Waals surface area contributed by atoms with Crippen LogP contribution >= 0.6 is 0 Å². The number of hydrogen-bond donors (Lipinski definition) is 0. The molecule has 0 N–H and O–H groups in total. The van der Waals surface area contributed by atoms with E-state index in [0.717, 1.165) is 5.69 Å². The van der Waals surface area contributed by atoms with Gasteiger partial charge in [0.05, 0.1) is 5.69 Å². The van der Waals surface area contributed by atoms with Crippen molar-refractivity contribution in [3.8, 4) is 0 Å². The van der Waals surface area contributed by atoms with Crippen molar-refractivity contribution in [2.45, 2.75) is 33.1 Å². The average Bonchev–Trinajstić information content (AvgIpc) is 2.08. The van der Waals surface area contributed by atoms with Crippen LogP contribution in [0.3, 0.4) is 0 Å². The van der Waals surface area contributed by atoms with Gasteiger partial charge < -0.3 is 0 Å². The minimum Gasteiger partial charge on any atom is -0.272 e. The first-order valence-electron chi connectivity index (χ1n) is 3.92. The number of nitrogens with zero attached hydrogens (tertiary/aromatic N) is 2. The van der Waals surface area contributed by atoms with E-state index in [9.17, 15) is 0 Å². The zero-order chi connectivity index (χ0) is 8.65. The lowest BCUT2D eigenvalue weighted by molar-refractivity contribution is 0.522. The van der Waals surface area contributed by atoms with Gasteiger partial charge in [-0.2, -0.15) is 5.10 Å². The lowest BCUT2D eigenvalue weighted by Crippen LogP contribution is -2.16. The van der Waals surface area contributed by atoms with Crippen LogP contribution in [0.4, 0.5) is 4.70 Å². The molecule has 3 heteroatoms. The Morgan fingerprint density at radius 3 is 2.00 bits per heavy atom. The second-order valence-electron chi connectivity index (χ2n) is 4.04. The van der Waals surface area contributed by atoms with E-state index in [-0.39, 0.29) is 10.1 Å². The van der Waals surface area contributed by atoms with Crippen molar-refractivity contribution in [2.75, 3.05) is 0 Å². The molecular weight excluding hydrogens is 155 g/mol. The largest absolute Gasteiger partial charge is 0.272 e. The molecule has 0 aromatic carbocycles. The van der Waals surface area contributed by atoms with Crippen molar-refractivity contribution in [1.82, 2.24) is 9.78 Å². The number of aryl methyl sites for hydroxylation is 2. The van der Waals surface area contributed by atoms with Crippen molar-refractivity contribution < 1.29 is 4.70 Å². The SMILES string of the molecule is Cc1cc(C(C)(C)C)n(C)n1.F. The van der Waals surface area contributed by atoms with Gasteiger partial charge >= 0.3 is 0 Å². The third-order valence-electron chi connectivity index (χ3n) is 1.77. The normalized spacial score (nSPS) is 11.1. The third-order valence-corrected chi connectivity index (χ3v) is 1.77. The molecule has 1 aromatic heterocycles. The van der Waals surface area contributed by atoms with Crippen molar-refractivity contribution in [1.29, 1.82) is 0 Å². The summed E-state index contributed by atoms with van der Waals surface area (Å²) in [5.74, 6) is 0. The predicted octanol–water partition coefficient (Wildman–Crippen LogP) is 2.18. The summed E-state index contributed by atoms with van der Waals surface area (Å²) in [6, 6.07) is 2.14. The van der Waals surface area contributed by atoms with Gasteiger partial charge in [-0.1, -0.05) is 20.8 Å². The monoisotopic (exact) mass is 172 g/mol. The molecule has 0 spiro atoms. The van der Waals surface area contributed by atoms with Crippen LogP contribution in [0.5, 0.6) is 0 Å². The minimum absolute atomic E-state index is 0. The summed E-state index contributed by atoms with van der Waals surface area (Å²) in [6.45, 7) is 8.62. The number of halogens is 1. The summed E-state index contributed by atoms with van der Waals surface area (Å²) in [5, 5.41) is 4.29.